The van der Waals surface area contributed by atoms with E-state index in [0.29, 0.717) is 27.7 Å². The number of aromatic amines is 1. The smallest absolute Gasteiger partial charge is 0.224 e. The van der Waals surface area contributed by atoms with Gasteiger partial charge in [0.15, 0.2) is 5.03 Å². The minimum absolute atomic E-state index is 0. The first kappa shape index (κ1) is 20.3. The van der Waals surface area contributed by atoms with Crippen LogP contribution in [0.1, 0.15) is 18.4 Å². The summed E-state index contributed by atoms with van der Waals surface area (Å²) >= 11 is 0. The van der Waals surface area contributed by atoms with Crippen LogP contribution in [0.2, 0.25) is 0 Å². The Balaban J connectivity index is 0.00000225. The second kappa shape index (κ2) is 8.31. The lowest BCUT2D eigenvalue weighted by Crippen LogP contribution is -2.04. The van der Waals surface area contributed by atoms with Crippen LogP contribution in [0.4, 0.5) is 0 Å². The second-order valence-electron chi connectivity index (χ2n) is 6.63. The lowest BCUT2D eigenvalue weighted by molar-refractivity contribution is 0.593. The summed E-state index contributed by atoms with van der Waals surface area (Å²) in [5.74, 6) is 0. The van der Waals surface area contributed by atoms with Crippen molar-refractivity contribution >= 4 is 43.9 Å². The molecule has 0 aliphatic rings. The minimum Gasteiger partial charge on any atom is -0.330 e. The Kier molecular flexibility index (Phi) is 6.03. The highest BCUT2D eigenvalue weighted by Gasteiger charge is 2.25. The lowest BCUT2D eigenvalue weighted by atomic mass is 10.1. The maximum atomic E-state index is 13.4. The molecular formula is C21H22ClN3O2S. The summed E-state index contributed by atoms with van der Waals surface area (Å²) in [6, 6.07) is 18.6. The molecule has 28 heavy (non-hydrogen) atoms. The van der Waals surface area contributed by atoms with Crippen LogP contribution in [0.3, 0.4) is 0 Å². The number of nitrogens with zero attached hydrogens (tertiary/aromatic N) is 1. The summed E-state index contributed by atoms with van der Waals surface area (Å²) in [5.41, 5.74) is 7.30. The van der Waals surface area contributed by atoms with Gasteiger partial charge in [0.2, 0.25) is 9.84 Å². The number of sulfone groups is 1. The van der Waals surface area contributed by atoms with Gasteiger partial charge in [0.1, 0.15) is 0 Å². The van der Waals surface area contributed by atoms with Gasteiger partial charge >= 0.3 is 0 Å². The van der Waals surface area contributed by atoms with Crippen LogP contribution in [-0.4, -0.2) is 25.2 Å². The highest BCUT2D eigenvalue weighted by molar-refractivity contribution is 7.91. The predicted molar refractivity (Wildman–Crippen MR) is 115 cm³/mol. The number of nitrogens with one attached hydrogen (secondary N) is 1. The summed E-state index contributed by atoms with van der Waals surface area (Å²) in [7, 11) is -3.73. The van der Waals surface area contributed by atoms with E-state index >= 15 is 0 Å². The van der Waals surface area contributed by atoms with Crippen LogP contribution in [0.5, 0.6) is 0 Å². The van der Waals surface area contributed by atoms with Crippen molar-refractivity contribution in [2.75, 3.05) is 6.54 Å². The average Bonchev–Trinajstić information content (AvgIpc) is 3.12. The number of rotatable bonds is 6. The summed E-state index contributed by atoms with van der Waals surface area (Å²) in [6.45, 7) is 0.661. The van der Waals surface area contributed by atoms with E-state index in [2.05, 4.69) is 10.2 Å². The van der Waals surface area contributed by atoms with Crippen LogP contribution in [-0.2, 0) is 16.3 Å². The molecule has 1 heterocycles. The third-order valence-corrected chi connectivity index (χ3v) is 6.59. The first-order valence-electron chi connectivity index (χ1n) is 9.01. The monoisotopic (exact) mass is 415 g/mol. The molecule has 0 unspecified atom stereocenters. The maximum absolute atomic E-state index is 13.4. The molecule has 146 valence electrons. The van der Waals surface area contributed by atoms with Crippen LogP contribution < -0.4 is 5.73 Å². The van der Waals surface area contributed by atoms with E-state index in [1.165, 1.54) is 0 Å². The van der Waals surface area contributed by atoms with Crippen LogP contribution in [0.15, 0.2) is 70.6 Å². The molecule has 7 heteroatoms. The summed E-state index contributed by atoms with van der Waals surface area (Å²) in [5, 5.41) is 9.34. The molecule has 3 N–H and O–H groups in total. The van der Waals surface area contributed by atoms with Gasteiger partial charge in [-0.15, -0.1) is 12.4 Å². The van der Waals surface area contributed by atoms with E-state index < -0.39 is 9.84 Å². The number of halogens is 1. The fraction of sp³-hybridized carbons (Fsp3) is 0.190. The molecule has 0 saturated carbocycles. The molecule has 0 aliphatic carbocycles. The Morgan fingerprint density at radius 3 is 2.54 bits per heavy atom. The zero-order valence-corrected chi connectivity index (χ0v) is 16.9. The zero-order valence-electron chi connectivity index (χ0n) is 15.3. The molecule has 0 spiro atoms. The van der Waals surface area contributed by atoms with E-state index in [1.54, 1.807) is 12.1 Å². The molecule has 3 aromatic carbocycles. The largest absolute Gasteiger partial charge is 0.330 e. The minimum atomic E-state index is -3.73. The lowest BCUT2D eigenvalue weighted by Gasteiger charge is -2.07. The summed E-state index contributed by atoms with van der Waals surface area (Å²) in [4.78, 5) is 0.291. The standard InChI is InChI=1S/C21H21N3O2S.ClH/c22-13-4-3-6-15-11-12-19-18(14-15)21(24-23-19)27(25,26)20-10-5-8-16-7-1-2-9-17(16)20;/h1-2,5,7-12,14H,3-4,6,13,22H2,(H,23,24);1H. The molecule has 0 radical (unpaired) electrons. The van der Waals surface area contributed by atoms with Gasteiger partial charge < -0.3 is 5.73 Å². The fourth-order valence-electron chi connectivity index (χ4n) is 3.41. The molecular weight excluding hydrogens is 394 g/mol. The van der Waals surface area contributed by atoms with E-state index in [-0.39, 0.29) is 17.4 Å². The number of hydrogen-bond acceptors (Lipinski definition) is 4. The van der Waals surface area contributed by atoms with Crippen molar-refractivity contribution in [3.05, 3.63) is 66.2 Å². The van der Waals surface area contributed by atoms with Gasteiger partial charge in [-0.05, 0) is 55.0 Å². The van der Waals surface area contributed by atoms with E-state index in [1.807, 2.05) is 48.5 Å². The van der Waals surface area contributed by atoms with Gasteiger partial charge in [0.05, 0.1) is 10.4 Å². The van der Waals surface area contributed by atoms with Gasteiger partial charge in [-0.1, -0.05) is 42.5 Å². The van der Waals surface area contributed by atoms with Crippen LogP contribution in [0, 0.1) is 0 Å². The molecule has 0 fully saturated rings. The topological polar surface area (TPSA) is 88.8 Å². The Labute approximate surface area is 170 Å². The quantitative estimate of drug-likeness (QED) is 0.460. The third kappa shape index (κ3) is 3.63. The Morgan fingerprint density at radius 2 is 1.71 bits per heavy atom. The number of nitrogens with two attached hydrogens (primary N) is 1. The first-order chi connectivity index (χ1) is 13.1. The predicted octanol–water partition coefficient (Wildman–Crippen LogP) is 4.25. The molecule has 0 bridgehead atoms. The number of H-pyrrole nitrogens is 1. The van der Waals surface area contributed by atoms with E-state index in [0.717, 1.165) is 30.2 Å². The molecule has 0 saturated heterocycles. The van der Waals surface area contributed by atoms with Gasteiger partial charge in [0.25, 0.3) is 0 Å². The number of unbranched alkanes of at least 4 members (excludes halogenated alkanes) is 1. The number of aromatic nitrogens is 2. The summed E-state index contributed by atoms with van der Waals surface area (Å²) in [6.07, 6.45) is 2.79. The molecule has 5 nitrogen and oxygen atoms in total. The molecule has 4 aromatic rings. The van der Waals surface area contributed by atoms with E-state index in [4.69, 9.17) is 5.73 Å². The molecule has 0 aliphatic heterocycles. The van der Waals surface area contributed by atoms with Gasteiger partial charge in [-0.3, -0.25) is 5.10 Å². The third-order valence-electron chi connectivity index (χ3n) is 4.81. The molecule has 0 atom stereocenters. The van der Waals surface area contributed by atoms with Crippen molar-refractivity contribution < 1.29 is 8.42 Å². The van der Waals surface area contributed by atoms with Crippen LogP contribution >= 0.6 is 12.4 Å². The average molecular weight is 416 g/mol. The fourth-order valence-corrected chi connectivity index (χ4v) is 4.98. The van der Waals surface area contributed by atoms with Crippen molar-refractivity contribution in [2.24, 2.45) is 5.73 Å². The SMILES string of the molecule is Cl.NCCCCc1ccc2n[nH]c(S(=O)(=O)c3cccc4ccccc34)c2c1. The highest BCUT2D eigenvalue weighted by Crippen LogP contribution is 2.31. The molecule has 1 aromatic heterocycles. The Morgan fingerprint density at radius 1 is 0.929 bits per heavy atom. The number of aryl methyl sites for hydroxylation is 1. The van der Waals surface area contributed by atoms with Gasteiger partial charge in [-0.25, -0.2) is 8.42 Å². The van der Waals surface area contributed by atoms with Gasteiger partial charge in [0, 0.05) is 10.8 Å². The Bertz CT molecular complexity index is 1210. The van der Waals surface area contributed by atoms with Crippen molar-refractivity contribution in [1.82, 2.24) is 10.2 Å². The van der Waals surface area contributed by atoms with Crippen molar-refractivity contribution in [3.8, 4) is 0 Å². The molecule has 4 rings (SSSR count). The molecule has 0 amide bonds. The van der Waals surface area contributed by atoms with Crippen LogP contribution in [0.25, 0.3) is 21.7 Å². The zero-order chi connectivity index (χ0) is 18.9. The number of benzene rings is 3. The van der Waals surface area contributed by atoms with Gasteiger partial charge in [-0.2, -0.15) is 5.10 Å². The highest BCUT2D eigenvalue weighted by atomic mass is 35.5. The number of fused-ring (bicyclic) bond motifs is 2. The van der Waals surface area contributed by atoms with Crippen molar-refractivity contribution in [1.29, 1.82) is 0 Å². The summed E-state index contributed by atoms with van der Waals surface area (Å²) < 4.78 is 26.8. The van der Waals surface area contributed by atoms with Crippen molar-refractivity contribution in [3.63, 3.8) is 0 Å². The Hall–Kier alpha value is -2.41. The normalized spacial score (nSPS) is 11.6. The maximum Gasteiger partial charge on any atom is 0.224 e. The number of hydrogen-bond donors (Lipinski definition) is 2. The van der Waals surface area contributed by atoms with E-state index in [9.17, 15) is 8.42 Å². The van der Waals surface area contributed by atoms with Crippen molar-refractivity contribution in [2.45, 2.75) is 29.2 Å². The second-order valence-corrected chi connectivity index (χ2v) is 8.49. The first-order valence-corrected chi connectivity index (χ1v) is 10.5.